The lowest BCUT2D eigenvalue weighted by Gasteiger charge is -2.12. The predicted molar refractivity (Wildman–Crippen MR) is 115 cm³/mol. The molecule has 0 spiro atoms. The van der Waals surface area contributed by atoms with Crippen LogP contribution in [-0.2, 0) is 0 Å². The van der Waals surface area contributed by atoms with Crippen molar-refractivity contribution in [3.63, 3.8) is 0 Å². The Hall–Kier alpha value is -3.09. The number of ether oxygens (including phenoxy) is 1. The lowest BCUT2D eigenvalue weighted by molar-refractivity contribution is 0.102. The fourth-order valence-corrected chi connectivity index (χ4v) is 3.57. The normalized spacial score (nSPS) is 10.9. The molecule has 1 amide bonds. The van der Waals surface area contributed by atoms with Gasteiger partial charge in [-0.05, 0) is 37.3 Å². The summed E-state index contributed by atoms with van der Waals surface area (Å²) in [6, 6.07) is 14.7. The Morgan fingerprint density at radius 1 is 1.10 bits per heavy atom. The van der Waals surface area contributed by atoms with E-state index in [1.807, 2.05) is 43.3 Å². The van der Waals surface area contributed by atoms with Crippen molar-refractivity contribution >= 4 is 45.8 Å². The highest BCUT2D eigenvalue weighted by molar-refractivity contribution is 6.37. The minimum Gasteiger partial charge on any atom is -0.494 e. The highest BCUT2D eigenvalue weighted by atomic mass is 35.5. The fourth-order valence-electron chi connectivity index (χ4n) is 3.10. The molecule has 0 saturated heterocycles. The van der Waals surface area contributed by atoms with E-state index in [1.54, 1.807) is 23.0 Å². The molecule has 146 valence electrons. The molecule has 29 heavy (non-hydrogen) atoms. The summed E-state index contributed by atoms with van der Waals surface area (Å²) in [6.45, 7) is 1.89. The molecule has 4 rings (SSSR count). The largest absolute Gasteiger partial charge is 0.494 e. The second-order valence-electron chi connectivity index (χ2n) is 6.32. The van der Waals surface area contributed by atoms with Crippen LogP contribution in [0.5, 0.6) is 5.75 Å². The number of carbonyl (C=O) groups excluding carboxylic acids is 1. The number of amides is 1. The van der Waals surface area contributed by atoms with Gasteiger partial charge in [-0.3, -0.25) is 4.79 Å². The third-order valence-electron chi connectivity index (χ3n) is 4.46. The number of aromatic nitrogens is 3. The number of methoxy groups -OCH3 is 1. The molecule has 0 aliphatic heterocycles. The van der Waals surface area contributed by atoms with Gasteiger partial charge in [0, 0.05) is 5.39 Å². The van der Waals surface area contributed by atoms with E-state index < -0.39 is 5.91 Å². The second-order valence-corrected chi connectivity index (χ2v) is 7.13. The highest BCUT2D eigenvalue weighted by Crippen LogP contribution is 2.34. The molecule has 4 aromatic rings. The molecular formula is C21H16Cl2N4O2. The van der Waals surface area contributed by atoms with Crippen LogP contribution >= 0.6 is 23.2 Å². The number of hydrogen-bond acceptors (Lipinski definition) is 4. The molecule has 1 N–H and O–H groups in total. The number of benzene rings is 2. The van der Waals surface area contributed by atoms with Crippen molar-refractivity contribution in [1.29, 1.82) is 0 Å². The van der Waals surface area contributed by atoms with Crippen molar-refractivity contribution in [1.82, 2.24) is 14.8 Å². The van der Waals surface area contributed by atoms with Crippen LogP contribution in [0.1, 0.15) is 16.1 Å². The van der Waals surface area contributed by atoms with Crippen LogP contribution in [-0.4, -0.2) is 27.8 Å². The Balaban J connectivity index is 1.71. The monoisotopic (exact) mass is 426 g/mol. The molecule has 0 radical (unpaired) electrons. The molecule has 6 nitrogen and oxygen atoms in total. The third kappa shape index (κ3) is 3.52. The average Bonchev–Trinajstić information content (AvgIpc) is 3.06. The second kappa shape index (κ2) is 7.73. The van der Waals surface area contributed by atoms with Crippen LogP contribution in [0.15, 0.2) is 54.7 Å². The van der Waals surface area contributed by atoms with Gasteiger partial charge in [0.25, 0.3) is 5.91 Å². The first kappa shape index (κ1) is 19.2. The summed E-state index contributed by atoms with van der Waals surface area (Å²) >= 11 is 12.3. The number of hydrogen-bond donors (Lipinski definition) is 1. The Morgan fingerprint density at radius 2 is 1.83 bits per heavy atom. The lowest BCUT2D eigenvalue weighted by Crippen LogP contribution is -2.14. The van der Waals surface area contributed by atoms with Gasteiger partial charge >= 0.3 is 0 Å². The molecule has 2 aromatic carbocycles. The molecule has 0 saturated carbocycles. The number of anilines is 1. The van der Waals surface area contributed by atoms with Gasteiger partial charge in [0.2, 0.25) is 0 Å². The minimum absolute atomic E-state index is 0.165. The van der Waals surface area contributed by atoms with E-state index in [2.05, 4.69) is 15.4 Å². The first-order chi connectivity index (χ1) is 14.0. The summed E-state index contributed by atoms with van der Waals surface area (Å²) < 4.78 is 7.02. The summed E-state index contributed by atoms with van der Waals surface area (Å²) in [5.74, 6) is -0.220. The number of nitrogens with zero attached hydrogens (tertiary/aromatic N) is 3. The van der Waals surface area contributed by atoms with Gasteiger partial charge in [-0.2, -0.15) is 5.10 Å². The van der Waals surface area contributed by atoms with Crippen molar-refractivity contribution in [3.05, 3.63) is 76.0 Å². The zero-order valence-corrected chi connectivity index (χ0v) is 17.1. The van der Waals surface area contributed by atoms with Crippen LogP contribution in [0.4, 0.5) is 5.69 Å². The first-order valence-electron chi connectivity index (χ1n) is 8.73. The van der Waals surface area contributed by atoms with Crippen LogP contribution in [0, 0.1) is 6.92 Å². The maximum absolute atomic E-state index is 12.8. The van der Waals surface area contributed by atoms with Crippen molar-refractivity contribution in [2.24, 2.45) is 0 Å². The SMILES string of the molecule is COc1c(Cl)ccc(Cl)c1C(=O)Nc1cnc2c(c1)c(C)nn2-c1ccccc1. The van der Waals surface area contributed by atoms with Gasteiger partial charge in [0.05, 0.1) is 40.4 Å². The number of aryl methyl sites for hydroxylation is 1. The van der Waals surface area contributed by atoms with Crippen LogP contribution in [0.25, 0.3) is 16.7 Å². The zero-order valence-electron chi connectivity index (χ0n) is 15.6. The van der Waals surface area contributed by atoms with Gasteiger partial charge in [-0.1, -0.05) is 41.4 Å². The molecule has 0 fully saturated rings. The highest BCUT2D eigenvalue weighted by Gasteiger charge is 2.20. The summed E-state index contributed by atoms with van der Waals surface area (Å²) in [5.41, 5.74) is 3.08. The third-order valence-corrected chi connectivity index (χ3v) is 5.07. The summed E-state index contributed by atoms with van der Waals surface area (Å²) in [4.78, 5) is 17.3. The van der Waals surface area contributed by atoms with Crippen molar-refractivity contribution < 1.29 is 9.53 Å². The van der Waals surface area contributed by atoms with Crippen molar-refractivity contribution in [3.8, 4) is 11.4 Å². The minimum atomic E-state index is -0.441. The Labute approximate surface area is 177 Å². The number of halogens is 2. The maximum atomic E-state index is 12.8. The van der Waals surface area contributed by atoms with E-state index >= 15 is 0 Å². The predicted octanol–water partition coefficient (Wildman–Crippen LogP) is 5.30. The van der Waals surface area contributed by atoms with Crippen LogP contribution in [0.3, 0.4) is 0 Å². The number of fused-ring (bicyclic) bond motifs is 1. The smallest absolute Gasteiger partial charge is 0.261 e. The summed E-state index contributed by atoms with van der Waals surface area (Å²) in [5, 5.41) is 8.75. The van der Waals surface area contributed by atoms with E-state index in [9.17, 15) is 4.79 Å². The fraction of sp³-hybridized carbons (Fsp3) is 0.0952. The first-order valence-corrected chi connectivity index (χ1v) is 9.49. The van der Waals surface area contributed by atoms with Crippen molar-refractivity contribution in [2.75, 3.05) is 12.4 Å². The lowest BCUT2D eigenvalue weighted by atomic mass is 10.1. The van der Waals surface area contributed by atoms with E-state index in [-0.39, 0.29) is 16.3 Å². The van der Waals surface area contributed by atoms with Gasteiger partial charge in [-0.15, -0.1) is 0 Å². The van der Waals surface area contributed by atoms with E-state index in [0.29, 0.717) is 16.4 Å². The van der Waals surface area contributed by atoms with Crippen molar-refractivity contribution in [2.45, 2.75) is 6.92 Å². The van der Waals surface area contributed by atoms with Gasteiger partial charge in [0.1, 0.15) is 5.56 Å². The Kier molecular flexibility index (Phi) is 5.13. The number of para-hydroxylation sites is 1. The molecule has 8 heteroatoms. The summed E-state index contributed by atoms with van der Waals surface area (Å²) in [7, 11) is 1.43. The summed E-state index contributed by atoms with van der Waals surface area (Å²) in [6.07, 6.45) is 1.58. The standard InChI is InChI=1S/C21H16Cl2N4O2/c1-12-15-10-13(11-24-20(15)27(26-12)14-6-4-3-5-7-14)25-21(28)18-16(22)8-9-17(23)19(18)29-2/h3-11H,1-2H3,(H,25,28). The van der Waals surface area contributed by atoms with E-state index in [4.69, 9.17) is 27.9 Å². The number of carbonyl (C=O) groups is 1. The molecule has 2 aromatic heterocycles. The van der Waals surface area contributed by atoms with Gasteiger partial charge < -0.3 is 10.1 Å². The molecule has 0 unspecified atom stereocenters. The molecule has 2 heterocycles. The number of rotatable bonds is 4. The Morgan fingerprint density at radius 3 is 2.55 bits per heavy atom. The van der Waals surface area contributed by atoms with Gasteiger partial charge in [0.15, 0.2) is 11.4 Å². The number of nitrogens with one attached hydrogen (secondary N) is 1. The topological polar surface area (TPSA) is 69.0 Å². The van der Waals surface area contributed by atoms with Crippen LogP contribution in [0.2, 0.25) is 10.0 Å². The van der Waals surface area contributed by atoms with Gasteiger partial charge in [-0.25, -0.2) is 9.67 Å². The quantitative estimate of drug-likeness (QED) is 0.480. The maximum Gasteiger partial charge on any atom is 0.261 e. The molecule has 0 aliphatic rings. The molecule has 0 atom stereocenters. The average molecular weight is 427 g/mol. The number of pyridine rings is 1. The van der Waals surface area contributed by atoms with E-state index in [1.165, 1.54) is 7.11 Å². The van der Waals surface area contributed by atoms with Crippen LogP contribution < -0.4 is 10.1 Å². The molecule has 0 aliphatic carbocycles. The zero-order chi connectivity index (χ0) is 20.5. The van der Waals surface area contributed by atoms with E-state index in [0.717, 1.165) is 16.8 Å². The Bertz CT molecular complexity index is 1220. The molecular weight excluding hydrogens is 411 g/mol. The molecule has 0 bridgehead atoms.